The van der Waals surface area contributed by atoms with Crippen LogP contribution in [-0.4, -0.2) is 35.6 Å². The molecule has 0 spiro atoms. The molecule has 2 aliphatic rings. The molecule has 2 saturated carbocycles. The second-order valence-electron chi connectivity index (χ2n) is 11.7. The number of ether oxygens (including phenoxy) is 2. The highest BCUT2D eigenvalue weighted by atomic mass is 32.2. The molecular formula is C32H46O4S. The van der Waals surface area contributed by atoms with E-state index in [4.69, 9.17) is 9.47 Å². The van der Waals surface area contributed by atoms with E-state index in [9.17, 15) is 10.2 Å². The summed E-state index contributed by atoms with van der Waals surface area (Å²) in [6, 6.07) is 16.1. The van der Waals surface area contributed by atoms with Crippen molar-refractivity contribution in [3.05, 3.63) is 48.5 Å². The fourth-order valence-electron chi connectivity index (χ4n) is 6.18. The second kappa shape index (κ2) is 14.5. The fraction of sp³-hybridized carbons (Fsp3) is 0.625. The van der Waals surface area contributed by atoms with Gasteiger partial charge in [-0.05, 0) is 97.9 Å². The fourth-order valence-corrected chi connectivity index (χ4v) is 7.00. The standard InChI is InChI=1S/C32H46O4S/c1-23-5-3-7-25(17-23)19-27(33)21-35-29-9-13-31(14-10-29)37-32-15-11-30(12-16-32)36-22-28(34)20-26-8-4-6-24(2)18-26/h9-16,23-28,33-34H,3-8,17-22H2,1-2H3. The summed E-state index contributed by atoms with van der Waals surface area (Å²) in [7, 11) is 0. The number of aliphatic hydroxyl groups excluding tert-OH is 2. The van der Waals surface area contributed by atoms with E-state index in [1.807, 2.05) is 24.3 Å². The van der Waals surface area contributed by atoms with Gasteiger partial charge in [0.1, 0.15) is 24.7 Å². The van der Waals surface area contributed by atoms with Crippen LogP contribution in [0.25, 0.3) is 0 Å². The van der Waals surface area contributed by atoms with Crippen LogP contribution in [0.4, 0.5) is 0 Å². The summed E-state index contributed by atoms with van der Waals surface area (Å²) in [5, 5.41) is 20.8. The van der Waals surface area contributed by atoms with Gasteiger partial charge in [-0.25, -0.2) is 0 Å². The molecule has 204 valence electrons. The SMILES string of the molecule is CC1CCCC(CC(O)COc2ccc(Sc3ccc(OCC(O)CC4CCCC(C)C4)cc3)cc2)C1. The minimum Gasteiger partial charge on any atom is -0.491 e. The summed E-state index contributed by atoms with van der Waals surface area (Å²) >= 11 is 1.69. The zero-order chi connectivity index (χ0) is 26.0. The molecule has 4 rings (SSSR count). The van der Waals surface area contributed by atoms with Crippen molar-refractivity contribution >= 4 is 11.8 Å². The van der Waals surface area contributed by atoms with Gasteiger partial charge in [0.05, 0.1) is 12.2 Å². The molecule has 5 heteroatoms. The third kappa shape index (κ3) is 9.85. The largest absolute Gasteiger partial charge is 0.491 e. The zero-order valence-electron chi connectivity index (χ0n) is 22.7. The lowest BCUT2D eigenvalue weighted by molar-refractivity contribution is 0.0736. The Labute approximate surface area is 228 Å². The molecule has 0 bridgehead atoms. The number of aliphatic hydroxyl groups is 2. The maximum Gasteiger partial charge on any atom is 0.119 e. The zero-order valence-corrected chi connectivity index (χ0v) is 23.5. The first-order chi connectivity index (χ1) is 17.9. The van der Waals surface area contributed by atoms with Gasteiger partial charge in [0.15, 0.2) is 0 Å². The molecule has 0 heterocycles. The topological polar surface area (TPSA) is 58.9 Å². The van der Waals surface area contributed by atoms with Crippen LogP contribution in [0.1, 0.15) is 78.1 Å². The van der Waals surface area contributed by atoms with Crippen molar-refractivity contribution < 1.29 is 19.7 Å². The van der Waals surface area contributed by atoms with Crippen molar-refractivity contribution in [2.75, 3.05) is 13.2 Å². The molecule has 2 aliphatic carbocycles. The summed E-state index contributed by atoms with van der Waals surface area (Å²) in [5.41, 5.74) is 0. The molecular weight excluding hydrogens is 480 g/mol. The highest BCUT2D eigenvalue weighted by Gasteiger charge is 2.23. The molecule has 6 atom stereocenters. The lowest BCUT2D eigenvalue weighted by Gasteiger charge is -2.28. The number of benzene rings is 2. The van der Waals surface area contributed by atoms with Gasteiger partial charge in [-0.2, -0.15) is 0 Å². The summed E-state index contributed by atoms with van der Waals surface area (Å²) in [4.78, 5) is 2.27. The maximum atomic E-state index is 10.4. The molecule has 0 amide bonds. The van der Waals surface area contributed by atoms with Crippen LogP contribution in [0.5, 0.6) is 11.5 Å². The van der Waals surface area contributed by atoms with Gasteiger partial charge in [0, 0.05) is 9.79 Å². The van der Waals surface area contributed by atoms with Gasteiger partial charge in [0.25, 0.3) is 0 Å². The number of hydrogen-bond acceptors (Lipinski definition) is 5. The second-order valence-corrected chi connectivity index (χ2v) is 12.9. The van der Waals surface area contributed by atoms with Crippen LogP contribution in [0.15, 0.2) is 58.3 Å². The molecule has 0 radical (unpaired) electrons. The Bertz CT molecular complexity index is 840. The van der Waals surface area contributed by atoms with Crippen LogP contribution in [0.2, 0.25) is 0 Å². The van der Waals surface area contributed by atoms with Crippen molar-refractivity contribution in [1.29, 1.82) is 0 Å². The summed E-state index contributed by atoms with van der Waals surface area (Å²) in [6.45, 7) is 5.35. The predicted molar refractivity (Wildman–Crippen MR) is 151 cm³/mol. The molecule has 2 fully saturated rings. The van der Waals surface area contributed by atoms with Crippen molar-refractivity contribution in [3.8, 4) is 11.5 Å². The molecule has 2 aromatic rings. The third-order valence-corrected chi connectivity index (χ3v) is 9.08. The van der Waals surface area contributed by atoms with E-state index in [-0.39, 0.29) is 0 Å². The lowest BCUT2D eigenvalue weighted by Crippen LogP contribution is -2.24. The Morgan fingerprint density at radius 1 is 0.676 bits per heavy atom. The van der Waals surface area contributed by atoms with Gasteiger partial charge in [-0.15, -0.1) is 0 Å². The van der Waals surface area contributed by atoms with Crippen LogP contribution in [0, 0.1) is 23.7 Å². The quantitative estimate of drug-likeness (QED) is 0.296. The number of hydrogen-bond donors (Lipinski definition) is 2. The first kappa shape index (κ1) is 28.3. The van der Waals surface area contributed by atoms with Gasteiger partial charge in [-0.1, -0.05) is 64.1 Å². The molecule has 37 heavy (non-hydrogen) atoms. The first-order valence-corrected chi connectivity index (χ1v) is 15.2. The van der Waals surface area contributed by atoms with Gasteiger partial charge < -0.3 is 19.7 Å². The number of rotatable bonds is 12. The minimum atomic E-state index is -0.401. The lowest BCUT2D eigenvalue weighted by atomic mass is 9.80. The van der Waals surface area contributed by atoms with E-state index < -0.39 is 12.2 Å². The van der Waals surface area contributed by atoms with E-state index >= 15 is 0 Å². The Balaban J connectivity index is 1.15. The van der Waals surface area contributed by atoms with Crippen LogP contribution < -0.4 is 9.47 Å². The van der Waals surface area contributed by atoms with E-state index in [1.165, 1.54) is 51.4 Å². The van der Waals surface area contributed by atoms with Crippen molar-refractivity contribution in [2.45, 2.75) is 100 Å². The Hall–Kier alpha value is -1.69. The average Bonchev–Trinajstić information content (AvgIpc) is 2.88. The van der Waals surface area contributed by atoms with E-state index in [0.717, 1.165) is 46.0 Å². The molecule has 2 aromatic carbocycles. The average molecular weight is 527 g/mol. The van der Waals surface area contributed by atoms with Gasteiger partial charge in [-0.3, -0.25) is 0 Å². The summed E-state index contributed by atoms with van der Waals surface area (Å²) in [6.07, 6.45) is 11.1. The van der Waals surface area contributed by atoms with E-state index in [2.05, 4.69) is 38.1 Å². The van der Waals surface area contributed by atoms with Gasteiger partial charge in [0.2, 0.25) is 0 Å². The minimum absolute atomic E-state index is 0.354. The highest BCUT2D eigenvalue weighted by molar-refractivity contribution is 7.99. The predicted octanol–water partition coefficient (Wildman–Crippen LogP) is 7.75. The molecule has 6 unspecified atom stereocenters. The van der Waals surface area contributed by atoms with Crippen LogP contribution in [-0.2, 0) is 0 Å². The van der Waals surface area contributed by atoms with Crippen molar-refractivity contribution in [2.24, 2.45) is 23.7 Å². The molecule has 0 saturated heterocycles. The molecule has 4 nitrogen and oxygen atoms in total. The monoisotopic (exact) mass is 526 g/mol. The Morgan fingerprint density at radius 3 is 1.46 bits per heavy atom. The van der Waals surface area contributed by atoms with E-state index in [0.29, 0.717) is 25.0 Å². The first-order valence-electron chi connectivity index (χ1n) is 14.4. The molecule has 0 aliphatic heterocycles. The van der Waals surface area contributed by atoms with Crippen molar-refractivity contribution in [3.63, 3.8) is 0 Å². The van der Waals surface area contributed by atoms with Gasteiger partial charge >= 0.3 is 0 Å². The summed E-state index contributed by atoms with van der Waals surface area (Å²) in [5.74, 6) is 4.43. The Morgan fingerprint density at radius 2 is 1.08 bits per heavy atom. The van der Waals surface area contributed by atoms with Crippen molar-refractivity contribution in [1.82, 2.24) is 0 Å². The highest BCUT2D eigenvalue weighted by Crippen LogP contribution is 2.33. The molecule has 0 aromatic heterocycles. The maximum absolute atomic E-state index is 10.4. The Kier molecular flexibility index (Phi) is 11.1. The summed E-state index contributed by atoms with van der Waals surface area (Å²) < 4.78 is 11.7. The third-order valence-electron chi connectivity index (χ3n) is 8.07. The van der Waals surface area contributed by atoms with Crippen LogP contribution in [0.3, 0.4) is 0 Å². The smallest absolute Gasteiger partial charge is 0.119 e. The normalized spacial score (nSPS) is 25.8. The molecule has 2 N–H and O–H groups in total. The van der Waals surface area contributed by atoms with E-state index in [1.54, 1.807) is 11.8 Å². The van der Waals surface area contributed by atoms with Crippen LogP contribution >= 0.6 is 11.8 Å².